The fourth-order valence-corrected chi connectivity index (χ4v) is 13.1. The summed E-state index contributed by atoms with van der Waals surface area (Å²) in [6.07, 6.45) is 10.2. The molecule has 3 aromatic carbocycles. The average molecular weight is 1070 g/mol. The van der Waals surface area contributed by atoms with Gasteiger partial charge >= 0.3 is 47.5 Å². The molecular weight excluding hydrogens is 989 g/mol. The molecule has 368 valence electrons. The molecule has 0 aliphatic heterocycles. The van der Waals surface area contributed by atoms with Crippen molar-refractivity contribution in [2.24, 2.45) is 23.6 Å². The van der Waals surface area contributed by atoms with Crippen LogP contribution in [-0.2, 0) is 28.7 Å². The molecule has 0 amide bonds. The van der Waals surface area contributed by atoms with Gasteiger partial charge in [0.1, 0.15) is 29.0 Å². The summed E-state index contributed by atoms with van der Waals surface area (Å²) in [5.41, 5.74) is 8.35. The minimum absolute atomic E-state index is 0. The minimum Gasteiger partial charge on any atom is -1.00 e. The number of allylic oxidation sites excluding steroid dienone is 4. The Morgan fingerprint density at radius 2 is 0.881 bits per heavy atom. The van der Waals surface area contributed by atoms with Crippen LogP contribution in [0.2, 0.25) is 0 Å². The number of rotatable bonds is 9. The number of benzene rings is 3. The Labute approximate surface area is 442 Å². The maximum atomic E-state index is 11.4. The Morgan fingerprint density at radius 3 is 1.12 bits per heavy atom. The summed E-state index contributed by atoms with van der Waals surface area (Å²) in [5.74, 6) is 3.58. The molecule has 14 heteroatoms. The summed E-state index contributed by atoms with van der Waals surface area (Å²) >= 11 is 0. The molecule has 0 atom stereocenters. The van der Waals surface area contributed by atoms with Crippen LogP contribution in [0.5, 0.6) is 0 Å². The average Bonchev–Trinajstić information content (AvgIpc) is 3.32. The van der Waals surface area contributed by atoms with Gasteiger partial charge in [-0.15, -0.1) is 0 Å². The third-order valence-electron chi connectivity index (χ3n) is 12.0. The Morgan fingerprint density at radius 1 is 0.612 bits per heavy atom. The minimum atomic E-state index is -1.63. The van der Waals surface area contributed by atoms with Gasteiger partial charge in [-0.25, -0.2) is 0 Å². The summed E-state index contributed by atoms with van der Waals surface area (Å²) < 4.78 is 9.89. The predicted molar refractivity (Wildman–Crippen MR) is 266 cm³/mol. The number of aliphatic hydroxyl groups is 1. The number of Topliss-reactive ketones (excluding diaryl/α,β-unsaturated/α-hetero) is 1. The SMILES string of the molecule is CC(C)=C1CCC(C(=O)O)CC1.CC(C)[P+](c1ccccc1)(c1ccccc1)c1ccccc1.CCOC(=O)C1CCC(=C(C)C)CC1.CCOC(=O)C1CCC(=O)CC1.CO.N[N-]O.[I-].[Na+]. The van der Waals surface area contributed by atoms with Crippen LogP contribution in [0.4, 0.5) is 0 Å². The Bertz CT molecular complexity index is 1760. The zero-order valence-corrected chi connectivity index (χ0v) is 47.1. The first kappa shape index (κ1) is 66.3. The third kappa shape index (κ3) is 23.1. The van der Waals surface area contributed by atoms with Crippen LogP contribution in [0.1, 0.15) is 132 Å². The molecule has 3 aromatic rings. The number of nitrogens with two attached hydrogens (primary N) is 1. The quantitative estimate of drug-likeness (QED) is 0.0449. The van der Waals surface area contributed by atoms with Crippen molar-refractivity contribution < 1.29 is 97.6 Å². The molecule has 67 heavy (non-hydrogen) atoms. The van der Waals surface area contributed by atoms with E-state index in [1.165, 1.54) is 38.2 Å². The second-order valence-corrected chi connectivity index (χ2v) is 20.9. The van der Waals surface area contributed by atoms with Gasteiger partial charge in [-0.05, 0) is 156 Å². The van der Waals surface area contributed by atoms with Gasteiger partial charge < -0.3 is 60.3 Å². The first-order valence-corrected chi connectivity index (χ1v) is 25.0. The molecule has 5 N–H and O–H groups in total. The molecule has 0 saturated heterocycles. The van der Waals surface area contributed by atoms with E-state index < -0.39 is 13.2 Å². The van der Waals surface area contributed by atoms with Crippen molar-refractivity contribution in [3.05, 3.63) is 119 Å². The van der Waals surface area contributed by atoms with E-state index in [4.69, 9.17) is 24.9 Å². The van der Waals surface area contributed by atoms with Crippen LogP contribution < -0.4 is 75.3 Å². The number of halogens is 1. The molecule has 3 fully saturated rings. The van der Waals surface area contributed by atoms with E-state index in [2.05, 4.69) is 138 Å². The van der Waals surface area contributed by atoms with Crippen LogP contribution in [-0.4, -0.2) is 65.1 Å². The Kier molecular flexibility index (Phi) is 37.6. The number of ether oxygens (including phenoxy) is 2. The van der Waals surface area contributed by atoms with E-state index in [0.717, 1.165) is 58.5 Å². The van der Waals surface area contributed by atoms with E-state index in [1.54, 1.807) is 6.92 Å². The number of hydrogen-bond donors (Lipinski definition) is 4. The normalized spacial score (nSPS) is 16.5. The van der Waals surface area contributed by atoms with Crippen LogP contribution in [0.15, 0.2) is 113 Å². The van der Waals surface area contributed by atoms with Crippen LogP contribution in [0.25, 0.3) is 5.59 Å². The summed E-state index contributed by atoms with van der Waals surface area (Å²) in [7, 11) is -0.625. The molecule has 3 aliphatic carbocycles. The van der Waals surface area contributed by atoms with E-state index in [1.807, 2.05) is 12.5 Å². The van der Waals surface area contributed by atoms with Crippen molar-refractivity contribution in [2.45, 2.75) is 138 Å². The molecule has 0 bridgehead atoms. The number of carbonyl (C=O) groups is 4. The number of carbonyl (C=O) groups excluding carboxylic acids is 3. The van der Waals surface area contributed by atoms with Crippen molar-refractivity contribution in [2.75, 3.05) is 20.3 Å². The van der Waals surface area contributed by atoms with Crippen molar-refractivity contribution in [1.82, 2.24) is 0 Å². The zero-order valence-electron chi connectivity index (χ0n) is 42.0. The molecule has 6 rings (SSSR count). The van der Waals surface area contributed by atoms with Gasteiger partial charge in [0.05, 0.1) is 36.6 Å². The van der Waals surface area contributed by atoms with Crippen molar-refractivity contribution in [1.29, 1.82) is 0 Å². The maximum Gasteiger partial charge on any atom is 1.00 e. The predicted octanol–water partition coefficient (Wildman–Crippen LogP) is 4.61. The van der Waals surface area contributed by atoms with E-state index >= 15 is 0 Å². The smallest absolute Gasteiger partial charge is 1.00 e. The van der Waals surface area contributed by atoms with Crippen LogP contribution in [0.3, 0.4) is 0 Å². The molecular formula is C53H79IN2NaO9P. The number of ketones is 1. The number of nitrogens with zero attached hydrogens (tertiary/aromatic N) is 1. The van der Waals surface area contributed by atoms with Gasteiger partial charge in [0, 0.05) is 20.0 Å². The third-order valence-corrected chi connectivity index (χ3v) is 16.9. The number of esters is 2. The van der Waals surface area contributed by atoms with Gasteiger partial charge in [-0.3, -0.25) is 19.2 Å². The van der Waals surface area contributed by atoms with Gasteiger partial charge in [-0.1, -0.05) is 76.9 Å². The summed E-state index contributed by atoms with van der Waals surface area (Å²) in [5, 5.41) is 27.1. The monoisotopic (exact) mass is 1070 g/mol. The molecule has 11 nitrogen and oxygen atoms in total. The Balaban J connectivity index is 0. The number of aliphatic carboxylic acids is 1. The first-order valence-electron chi connectivity index (χ1n) is 23.1. The molecule has 0 heterocycles. The number of carboxylic acid groups (broad SMARTS) is 1. The number of aliphatic hydroxyl groups excluding tert-OH is 1. The van der Waals surface area contributed by atoms with Crippen molar-refractivity contribution in [3.63, 3.8) is 0 Å². The summed E-state index contributed by atoms with van der Waals surface area (Å²) in [6.45, 7) is 17.8. The number of carboxylic acids is 1. The molecule has 0 unspecified atom stereocenters. The van der Waals surface area contributed by atoms with Gasteiger partial charge in [0.2, 0.25) is 0 Å². The van der Waals surface area contributed by atoms with Gasteiger partial charge in [0.25, 0.3) is 0 Å². The molecule has 3 saturated carbocycles. The van der Waals surface area contributed by atoms with E-state index in [0.29, 0.717) is 44.6 Å². The van der Waals surface area contributed by atoms with E-state index in [-0.39, 0.29) is 89.0 Å². The van der Waals surface area contributed by atoms with Gasteiger partial charge in [0.15, 0.2) is 0 Å². The molecule has 0 aromatic heterocycles. The summed E-state index contributed by atoms with van der Waals surface area (Å²) in [6, 6.07) is 33.1. The molecule has 0 radical (unpaired) electrons. The summed E-state index contributed by atoms with van der Waals surface area (Å²) in [4.78, 5) is 44.1. The fourth-order valence-electron chi connectivity index (χ4n) is 8.44. The maximum absolute atomic E-state index is 11.4. The fraction of sp³-hybridized carbons (Fsp3) is 0.509. The topological polar surface area (TPSA) is 188 Å². The zero-order chi connectivity index (χ0) is 48.8. The Hall–Kier alpha value is -2.78. The standard InChI is InChI=1S/C21H22P.C12H20O2.C10H16O2.C9H14O3.CH4O.HI.H3N2O.Na/c1-18(2)22(19-12-6-3-7-13-19,20-14-8-4-9-15-20)21-16-10-5-11-17-21;1-4-14-12(13)11-7-5-10(6-8-11)9(2)3;1-7(2)8-3-5-9(6-4-8)10(11)12;1-2-12-9(11)7-3-5-8(10)6-4-7;1-2;;1-2-3;/h3-18H,1-2H3;11H,4-8H2,1-3H3;9H,3-6H2,1-2H3,(H,11,12);7H,2-6H2,1H3;2H,1H3;1H;3H,1H2;/q+1;;;;;;-1;+1/p-1. The first-order chi connectivity index (χ1) is 31.2. The molecule has 3 aliphatic rings. The van der Waals surface area contributed by atoms with Gasteiger partial charge in [-0.2, -0.15) is 0 Å². The second-order valence-electron chi connectivity index (χ2n) is 16.8. The number of hydrogen-bond acceptors (Lipinski definition) is 9. The van der Waals surface area contributed by atoms with Crippen molar-refractivity contribution in [3.8, 4) is 0 Å². The van der Waals surface area contributed by atoms with Crippen molar-refractivity contribution >= 4 is 46.9 Å². The van der Waals surface area contributed by atoms with Crippen LogP contribution in [0, 0.1) is 17.8 Å². The second kappa shape index (κ2) is 38.0. The van der Waals surface area contributed by atoms with Crippen LogP contribution >= 0.6 is 7.26 Å². The molecule has 0 spiro atoms. The largest absolute Gasteiger partial charge is 1.00 e. The van der Waals surface area contributed by atoms with E-state index in [9.17, 15) is 19.2 Å².